The van der Waals surface area contributed by atoms with Crippen LogP contribution >= 0.6 is 0 Å². The van der Waals surface area contributed by atoms with Crippen LogP contribution in [0.4, 0.5) is 4.39 Å². The van der Waals surface area contributed by atoms with Crippen molar-refractivity contribution in [3.05, 3.63) is 35.1 Å². The van der Waals surface area contributed by atoms with E-state index in [9.17, 15) is 9.18 Å². The first-order chi connectivity index (χ1) is 6.56. The number of oxime groups is 1. The summed E-state index contributed by atoms with van der Waals surface area (Å²) in [5, 5.41) is 19.5. The number of halogens is 1. The number of benzene rings is 1. The van der Waals surface area contributed by atoms with Gasteiger partial charge in [-0.2, -0.15) is 0 Å². The van der Waals surface area contributed by atoms with Gasteiger partial charge in [0.25, 0.3) is 0 Å². The molecule has 0 radical (unpaired) electrons. The average molecular weight is 197 g/mol. The number of rotatable bonds is 2. The van der Waals surface area contributed by atoms with E-state index in [1.165, 1.54) is 12.1 Å². The van der Waals surface area contributed by atoms with Gasteiger partial charge in [-0.1, -0.05) is 16.8 Å². The molecule has 5 heteroatoms. The largest absolute Gasteiger partial charge is 0.476 e. The molecule has 0 aromatic heterocycles. The Morgan fingerprint density at radius 1 is 1.50 bits per heavy atom. The van der Waals surface area contributed by atoms with Crippen molar-refractivity contribution in [1.29, 1.82) is 0 Å². The number of carbonyl (C=O) groups is 1. The first-order valence-electron chi connectivity index (χ1n) is 3.78. The summed E-state index contributed by atoms with van der Waals surface area (Å²) in [6.07, 6.45) is 0. The molecule has 4 nitrogen and oxygen atoms in total. The Balaban J connectivity index is 3.30. The highest BCUT2D eigenvalue weighted by molar-refractivity contribution is 6.42. The minimum atomic E-state index is -1.47. The van der Waals surface area contributed by atoms with Crippen molar-refractivity contribution in [3.8, 4) is 0 Å². The molecule has 0 amide bonds. The van der Waals surface area contributed by atoms with Crippen molar-refractivity contribution in [3.63, 3.8) is 0 Å². The lowest BCUT2D eigenvalue weighted by Crippen LogP contribution is -2.16. The lowest BCUT2D eigenvalue weighted by molar-refractivity contribution is -0.129. The van der Waals surface area contributed by atoms with Crippen molar-refractivity contribution >= 4 is 11.7 Å². The Bertz CT molecular complexity index is 401. The monoisotopic (exact) mass is 197 g/mol. The molecule has 0 bridgehead atoms. The highest BCUT2D eigenvalue weighted by Gasteiger charge is 2.17. The highest BCUT2D eigenvalue weighted by Crippen LogP contribution is 2.11. The van der Waals surface area contributed by atoms with Gasteiger partial charge in [-0.3, -0.25) is 0 Å². The molecule has 0 spiro atoms. The first-order valence-corrected chi connectivity index (χ1v) is 3.78. The van der Waals surface area contributed by atoms with E-state index in [-0.39, 0.29) is 5.56 Å². The first kappa shape index (κ1) is 10.2. The molecule has 0 saturated carbocycles. The van der Waals surface area contributed by atoms with Crippen LogP contribution in [-0.2, 0) is 4.79 Å². The Hall–Kier alpha value is -1.91. The number of carboxylic acids is 1. The van der Waals surface area contributed by atoms with E-state index in [0.29, 0.717) is 5.56 Å². The molecule has 0 atom stereocenters. The molecule has 0 fully saturated rings. The van der Waals surface area contributed by atoms with Crippen LogP contribution in [0.1, 0.15) is 11.1 Å². The summed E-state index contributed by atoms with van der Waals surface area (Å²) in [6.45, 7) is 1.68. The third-order valence-electron chi connectivity index (χ3n) is 1.68. The van der Waals surface area contributed by atoms with Gasteiger partial charge in [0.2, 0.25) is 0 Å². The fourth-order valence-electron chi connectivity index (χ4n) is 1.03. The topological polar surface area (TPSA) is 69.9 Å². The Morgan fingerprint density at radius 3 is 2.64 bits per heavy atom. The van der Waals surface area contributed by atoms with Gasteiger partial charge < -0.3 is 10.3 Å². The van der Waals surface area contributed by atoms with Gasteiger partial charge in [0.05, 0.1) is 0 Å². The van der Waals surface area contributed by atoms with Crippen LogP contribution in [0.25, 0.3) is 0 Å². The van der Waals surface area contributed by atoms with Crippen molar-refractivity contribution in [2.24, 2.45) is 5.16 Å². The molecule has 0 aliphatic heterocycles. The van der Waals surface area contributed by atoms with Crippen LogP contribution in [0.15, 0.2) is 23.4 Å². The fraction of sp³-hybridized carbons (Fsp3) is 0.111. The zero-order valence-corrected chi connectivity index (χ0v) is 7.36. The van der Waals surface area contributed by atoms with E-state index in [1.54, 1.807) is 6.92 Å². The van der Waals surface area contributed by atoms with Gasteiger partial charge in [-0.05, 0) is 19.1 Å². The molecule has 0 unspecified atom stereocenters. The van der Waals surface area contributed by atoms with Crippen molar-refractivity contribution in [1.82, 2.24) is 0 Å². The summed E-state index contributed by atoms with van der Waals surface area (Å²) in [6, 6.07) is 3.92. The maximum Gasteiger partial charge on any atom is 0.358 e. The lowest BCUT2D eigenvalue weighted by Gasteiger charge is -2.02. The second-order valence-corrected chi connectivity index (χ2v) is 2.74. The normalized spacial score (nSPS) is 11.4. The van der Waals surface area contributed by atoms with E-state index >= 15 is 0 Å². The Kier molecular flexibility index (Phi) is 2.81. The molecule has 1 rings (SSSR count). The van der Waals surface area contributed by atoms with Crippen LogP contribution in [0.3, 0.4) is 0 Å². The van der Waals surface area contributed by atoms with Gasteiger partial charge in [0.15, 0.2) is 5.71 Å². The highest BCUT2D eigenvalue weighted by atomic mass is 19.1. The zero-order valence-electron chi connectivity index (χ0n) is 7.36. The second kappa shape index (κ2) is 3.87. The smallest absolute Gasteiger partial charge is 0.358 e. The quantitative estimate of drug-likeness (QED) is 0.427. The molecule has 14 heavy (non-hydrogen) atoms. The van der Waals surface area contributed by atoms with Gasteiger partial charge in [0.1, 0.15) is 5.82 Å². The summed E-state index contributed by atoms with van der Waals surface area (Å²) in [7, 11) is 0. The van der Waals surface area contributed by atoms with Crippen LogP contribution in [0.2, 0.25) is 0 Å². The predicted molar refractivity (Wildman–Crippen MR) is 47.1 cm³/mol. The maximum atomic E-state index is 13.1. The summed E-state index contributed by atoms with van der Waals surface area (Å²) in [4.78, 5) is 10.5. The molecule has 74 valence electrons. The molecular weight excluding hydrogens is 189 g/mol. The Morgan fingerprint density at radius 2 is 2.14 bits per heavy atom. The SMILES string of the molecule is Cc1ccc(F)c(C(=NO)C(=O)O)c1. The molecule has 0 heterocycles. The summed E-state index contributed by atoms with van der Waals surface area (Å²) in [5.74, 6) is -2.21. The van der Waals surface area contributed by atoms with Gasteiger partial charge in [-0.25, -0.2) is 9.18 Å². The molecule has 0 aliphatic rings. The van der Waals surface area contributed by atoms with Crippen LogP contribution in [0, 0.1) is 12.7 Å². The Labute approximate surface area is 79.3 Å². The molecule has 1 aromatic rings. The fourth-order valence-corrected chi connectivity index (χ4v) is 1.03. The molecular formula is C9H8FNO3. The number of carboxylic acid groups (broad SMARTS) is 1. The number of hydrogen-bond donors (Lipinski definition) is 2. The third kappa shape index (κ3) is 1.87. The summed E-state index contributed by atoms with van der Waals surface area (Å²) < 4.78 is 13.1. The van der Waals surface area contributed by atoms with E-state index in [2.05, 4.69) is 5.16 Å². The zero-order chi connectivity index (χ0) is 10.7. The van der Waals surface area contributed by atoms with Gasteiger partial charge >= 0.3 is 5.97 Å². The van der Waals surface area contributed by atoms with Crippen LogP contribution in [-0.4, -0.2) is 22.0 Å². The van der Waals surface area contributed by atoms with Crippen molar-refractivity contribution in [2.45, 2.75) is 6.92 Å². The lowest BCUT2D eigenvalue weighted by atomic mass is 10.1. The van der Waals surface area contributed by atoms with E-state index in [4.69, 9.17) is 10.3 Å². The number of hydrogen-bond acceptors (Lipinski definition) is 3. The van der Waals surface area contributed by atoms with Crippen LogP contribution in [0.5, 0.6) is 0 Å². The third-order valence-corrected chi connectivity index (χ3v) is 1.68. The van der Waals surface area contributed by atoms with Crippen molar-refractivity contribution < 1.29 is 19.5 Å². The maximum absolute atomic E-state index is 13.1. The number of aliphatic carboxylic acids is 1. The molecule has 1 aromatic carbocycles. The minimum Gasteiger partial charge on any atom is -0.476 e. The van der Waals surface area contributed by atoms with Gasteiger partial charge in [0, 0.05) is 5.56 Å². The van der Waals surface area contributed by atoms with E-state index in [0.717, 1.165) is 6.07 Å². The molecule has 2 N–H and O–H groups in total. The summed E-state index contributed by atoms with van der Waals surface area (Å²) in [5.41, 5.74) is -0.241. The number of aryl methyl sites for hydroxylation is 1. The molecule has 0 saturated heterocycles. The minimum absolute atomic E-state index is 0.222. The van der Waals surface area contributed by atoms with Crippen molar-refractivity contribution in [2.75, 3.05) is 0 Å². The predicted octanol–water partition coefficient (Wildman–Crippen LogP) is 1.40. The molecule has 0 aliphatic carbocycles. The van der Waals surface area contributed by atoms with E-state index < -0.39 is 17.5 Å². The van der Waals surface area contributed by atoms with Gasteiger partial charge in [-0.15, -0.1) is 0 Å². The summed E-state index contributed by atoms with van der Waals surface area (Å²) >= 11 is 0. The number of nitrogens with zero attached hydrogens (tertiary/aromatic N) is 1. The second-order valence-electron chi connectivity index (χ2n) is 2.74. The van der Waals surface area contributed by atoms with Crippen LogP contribution < -0.4 is 0 Å². The van der Waals surface area contributed by atoms with E-state index in [1.807, 2.05) is 0 Å². The average Bonchev–Trinajstić information content (AvgIpc) is 2.11. The standard InChI is InChI=1S/C9H8FNO3/c1-5-2-3-7(10)6(4-5)8(11-14)9(12)13/h2-4,14H,1H3,(H,12,13).